The molecule has 3 atom stereocenters. The fraction of sp³-hybridized carbons (Fsp3) is 0.517. The van der Waals surface area contributed by atoms with Gasteiger partial charge in [0.05, 0.1) is 25.4 Å². The molecule has 0 spiro atoms. The number of hydrogen-bond donors (Lipinski definition) is 2. The van der Waals surface area contributed by atoms with Crippen molar-refractivity contribution in [2.24, 2.45) is 5.92 Å². The maximum absolute atomic E-state index is 16.0. The number of aliphatic hydroxyl groups is 1. The minimum absolute atomic E-state index is 0.00554. The number of fused-ring (bicyclic) bond motifs is 3. The molecule has 212 valence electrons. The topological polar surface area (TPSA) is 51.7 Å². The summed E-state index contributed by atoms with van der Waals surface area (Å²) in [6.45, 7) is 1.01. The van der Waals surface area contributed by atoms with Crippen LogP contribution < -0.4 is 0 Å². The molecular weight excluding hydrogens is 517 g/mol. The smallest absolute Gasteiger partial charge is 0.283 e. The first kappa shape index (κ1) is 28.0. The summed E-state index contributed by atoms with van der Waals surface area (Å²) in [5, 5.41) is 10.2. The van der Waals surface area contributed by atoms with Gasteiger partial charge in [0.1, 0.15) is 18.2 Å². The van der Waals surface area contributed by atoms with E-state index in [1.165, 1.54) is 24.1 Å². The number of nitrogens with one attached hydrogen (secondary N) is 1. The third kappa shape index (κ3) is 5.31. The van der Waals surface area contributed by atoms with Gasteiger partial charge < -0.3 is 19.7 Å². The monoisotopic (exact) mass is 551 g/mol. The average molecular weight is 552 g/mol. The molecule has 5 nitrogen and oxygen atoms in total. The van der Waals surface area contributed by atoms with Crippen molar-refractivity contribution in [3.05, 3.63) is 70.4 Å². The molecule has 2 N–H and O–H groups in total. The van der Waals surface area contributed by atoms with Crippen LogP contribution in [0.25, 0.3) is 10.9 Å². The number of benzene rings is 2. The van der Waals surface area contributed by atoms with Gasteiger partial charge in [-0.2, -0.15) is 0 Å². The number of ether oxygens (including phenoxy) is 1. The van der Waals surface area contributed by atoms with Crippen LogP contribution >= 0.6 is 0 Å². The van der Waals surface area contributed by atoms with Crippen LogP contribution in [0.15, 0.2) is 36.4 Å². The van der Waals surface area contributed by atoms with E-state index in [0.29, 0.717) is 43.7 Å². The molecule has 39 heavy (non-hydrogen) atoms. The fourth-order valence-electron chi connectivity index (χ4n) is 6.28. The van der Waals surface area contributed by atoms with Gasteiger partial charge in [-0.15, -0.1) is 0 Å². The van der Waals surface area contributed by atoms with Crippen molar-refractivity contribution in [3.63, 3.8) is 0 Å². The number of aromatic amines is 1. The van der Waals surface area contributed by atoms with E-state index in [1.807, 2.05) is 24.3 Å². The Hall–Kier alpha value is -2.53. The molecule has 0 radical (unpaired) electrons. The van der Waals surface area contributed by atoms with Gasteiger partial charge in [-0.1, -0.05) is 18.2 Å². The number of rotatable bonds is 10. The molecule has 10 heteroatoms. The zero-order valence-electron chi connectivity index (χ0n) is 22.1. The molecule has 0 bridgehead atoms. The molecule has 5 rings (SSSR count). The summed E-state index contributed by atoms with van der Waals surface area (Å²) in [6, 6.07) is 8.29. The second-order valence-electron chi connectivity index (χ2n) is 10.8. The summed E-state index contributed by atoms with van der Waals surface area (Å²) in [5.41, 5.74) is 2.08. The zero-order valence-corrected chi connectivity index (χ0v) is 22.1. The third-order valence-corrected chi connectivity index (χ3v) is 8.14. The highest BCUT2D eigenvalue weighted by Gasteiger charge is 2.44. The number of aliphatic hydroxyl groups excluding tert-OH is 1. The first-order chi connectivity index (χ1) is 18.7. The maximum Gasteiger partial charge on any atom is 0.283 e. The van der Waals surface area contributed by atoms with Crippen molar-refractivity contribution < 1.29 is 31.8 Å². The molecule has 2 aliphatic rings. The molecule has 0 aliphatic carbocycles. The lowest BCUT2D eigenvalue weighted by Gasteiger charge is -2.43. The molecule has 0 unspecified atom stereocenters. The Morgan fingerprint density at radius 2 is 1.85 bits per heavy atom. The summed E-state index contributed by atoms with van der Waals surface area (Å²) in [5.74, 6) is -5.15. The van der Waals surface area contributed by atoms with Gasteiger partial charge in [-0.3, -0.25) is 9.29 Å². The van der Waals surface area contributed by atoms with Crippen LogP contribution in [0.1, 0.15) is 47.9 Å². The first-order valence-electron chi connectivity index (χ1n) is 13.3. The van der Waals surface area contributed by atoms with E-state index in [4.69, 9.17) is 4.74 Å². The van der Waals surface area contributed by atoms with Crippen LogP contribution in [0.4, 0.5) is 22.0 Å². The van der Waals surface area contributed by atoms with E-state index in [0.717, 1.165) is 16.5 Å². The highest BCUT2D eigenvalue weighted by atomic mass is 19.3. The van der Waals surface area contributed by atoms with E-state index >= 15 is 8.78 Å². The maximum atomic E-state index is 16.0. The molecule has 1 fully saturated rings. The predicted molar refractivity (Wildman–Crippen MR) is 139 cm³/mol. The number of nitrogens with zero attached hydrogens (tertiary/aromatic N) is 2. The molecule has 3 heterocycles. The van der Waals surface area contributed by atoms with Gasteiger partial charge in [0.15, 0.2) is 0 Å². The summed E-state index contributed by atoms with van der Waals surface area (Å²) in [7, 11) is 1.48. The quantitative estimate of drug-likeness (QED) is 0.332. The van der Waals surface area contributed by atoms with Crippen LogP contribution in [-0.2, 0) is 11.2 Å². The Labute approximate surface area is 224 Å². The number of methoxy groups -OCH3 is 1. The summed E-state index contributed by atoms with van der Waals surface area (Å²) >= 11 is 0. The zero-order chi connectivity index (χ0) is 27.9. The van der Waals surface area contributed by atoms with Gasteiger partial charge >= 0.3 is 0 Å². The molecule has 2 aliphatic heterocycles. The van der Waals surface area contributed by atoms with Gasteiger partial charge in [0.25, 0.3) is 5.92 Å². The van der Waals surface area contributed by atoms with Gasteiger partial charge in [-0.05, 0) is 49.1 Å². The number of hydrogen-bond acceptors (Lipinski definition) is 4. The molecule has 0 saturated carbocycles. The van der Waals surface area contributed by atoms with E-state index in [-0.39, 0.29) is 11.5 Å². The summed E-state index contributed by atoms with van der Waals surface area (Å²) in [4.78, 5) is 6.68. The SMILES string of the molecule is CO[C@@H](c1cc(F)c([C@@H]2c3[nH]c4ccccc4c3C[C@@H](C)N2CC(F)(F)CO)c(F)c1)C1CN(CCCF)C1. The van der Waals surface area contributed by atoms with Crippen LogP contribution in [-0.4, -0.2) is 78.4 Å². The molecule has 1 aromatic heterocycles. The van der Waals surface area contributed by atoms with Crippen molar-refractivity contribution in [1.82, 2.24) is 14.8 Å². The number of alkyl halides is 3. The standard InChI is InChI=1S/C29H34F5N3O2/c1-17-10-21-20-6-3-4-7-24(20)35-26(21)27(37(17)15-29(33,34)16-38)25-22(31)11-18(12-23(25)32)28(39-2)19-13-36(14-19)9-5-8-30/h3-4,6-7,11-12,17,19,27-28,35,38H,5,8-10,13-16H2,1-2H3/t17-,27-,28+/m1/s1. The van der Waals surface area contributed by atoms with Crippen molar-refractivity contribution in [1.29, 1.82) is 0 Å². The van der Waals surface area contributed by atoms with Crippen LogP contribution in [0, 0.1) is 17.6 Å². The minimum atomic E-state index is -3.46. The Kier molecular flexibility index (Phi) is 8.01. The number of H-pyrrole nitrogens is 1. The van der Waals surface area contributed by atoms with Crippen molar-refractivity contribution in [3.8, 4) is 0 Å². The lowest BCUT2D eigenvalue weighted by Crippen LogP contribution is -2.50. The summed E-state index contributed by atoms with van der Waals surface area (Å²) in [6.07, 6.45) is 0.280. The second kappa shape index (κ2) is 11.2. The van der Waals surface area contributed by atoms with E-state index < -0.39 is 55.6 Å². The van der Waals surface area contributed by atoms with E-state index in [1.54, 1.807) is 6.92 Å². The highest BCUT2D eigenvalue weighted by molar-refractivity contribution is 5.85. The Balaban J connectivity index is 1.54. The second-order valence-corrected chi connectivity index (χ2v) is 10.8. The summed E-state index contributed by atoms with van der Waals surface area (Å²) < 4.78 is 79.1. The highest BCUT2D eigenvalue weighted by Crippen LogP contribution is 2.44. The van der Waals surface area contributed by atoms with Gasteiger partial charge in [0.2, 0.25) is 0 Å². The minimum Gasteiger partial charge on any atom is -0.390 e. The lowest BCUT2D eigenvalue weighted by atomic mass is 9.85. The number of para-hydroxylation sites is 1. The lowest BCUT2D eigenvalue weighted by molar-refractivity contribution is -0.0869. The first-order valence-corrected chi connectivity index (χ1v) is 13.3. The average Bonchev–Trinajstić information content (AvgIpc) is 3.24. The Bertz CT molecular complexity index is 1290. The van der Waals surface area contributed by atoms with Crippen molar-refractivity contribution >= 4 is 10.9 Å². The molecular formula is C29H34F5N3O2. The van der Waals surface area contributed by atoms with Crippen LogP contribution in [0.5, 0.6) is 0 Å². The van der Waals surface area contributed by atoms with Crippen molar-refractivity contribution in [2.75, 3.05) is 46.6 Å². The molecule has 3 aromatic rings. The number of aromatic nitrogens is 1. The third-order valence-electron chi connectivity index (χ3n) is 8.14. The largest absolute Gasteiger partial charge is 0.390 e. The normalized spacial score (nSPS) is 21.7. The predicted octanol–water partition coefficient (Wildman–Crippen LogP) is 5.39. The fourth-order valence-corrected chi connectivity index (χ4v) is 6.28. The molecule has 1 saturated heterocycles. The Morgan fingerprint density at radius 1 is 1.15 bits per heavy atom. The Morgan fingerprint density at radius 3 is 2.49 bits per heavy atom. The molecule has 0 amide bonds. The number of halogens is 5. The van der Waals surface area contributed by atoms with E-state index in [2.05, 4.69) is 9.88 Å². The van der Waals surface area contributed by atoms with Gasteiger partial charge in [0, 0.05) is 60.9 Å². The van der Waals surface area contributed by atoms with E-state index in [9.17, 15) is 18.3 Å². The van der Waals surface area contributed by atoms with Crippen molar-refractivity contribution in [2.45, 2.75) is 43.9 Å². The number of likely N-dealkylation sites (tertiary alicyclic amines) is 1. The van der Waals surface area contributed by atoms with Crippen LogP contribution in [0.2, 0.25) is 0 Å². The van der Waals surface area contributed by atoms with Gasteiger partial charge in [-0.25, -0.2) is 17.6 Å². The molecule has 2 aromatic carbocycles. The van der Waals surface area contributed by atoms with Crippen LogP contribution in [0.3, 0.4) is 0 Å².